The van der Waals surface area contributed by atoms with Crippen LogP contribution in [0.5, 0.6) is 0 Å². The van der Waals surface area contributed by atoms with E-state index < -0.39 is 28.5 Å². The maximum absolute atomic E-state index is 13.6. The van der Waals surface area contributed by atoms with Crippen LogP contribution in [0.1, 0.15) is 6.92 Å². The van der Waals surface area contributed by atoms with Crippen LogP contribution in [0.4, 0.5) is 14.5 Å². The fourth-order valence-electron chi connectivity index (χ4n) is 1.88. The van der Waals surface area contributed by atoms with Gasteiger partial charge in [-0.05, 0) is 30.5 Å². The highest BCUT2D eigenvalue weighted by Gasteiger charge is 2.20. The smallest absolute Gasteiger partial charge is 0.237 e. The third-order valence-corrected chi connectivity index (χ3v) is 4.92. The molecule has 1 unspecified atom stereocenters. The van der Waals surface area contributed by atoms with Crippen molar-refractivity contribution in [2.45, 2.75) is 17.3 Å². The molecule has 9 heteroatoms. The molecule has 2 aromatic heterocycles. The Bertz CT molecular complexity index is 831. The van der Waals surface area contributed by atoms with Gasteiger partial charge in [0.1, 0.15) is 17.3 Å². The van der Waals surface area contributed by atoms with Gasteiger partial charge in [0.2, 0.25) is 11.1 Å². The summed E-state index contributed by atoms with van der Waals surface area (Å²) in [5.41, 5.74) is -0.454. The van der Waals surface area contributed by atoms with Crippen molar-refractivity contribution in [2.24, 2.45) is 0 Å². The molecule has 0 aliphatic carbocycles. The molecule has 1 aromatic carbocycles. The predicted molar refractivity (Wildman–Crippen MR) is 90.0 cm³/mol. The molecule has 0 bridgehead atoms. The van der Waals surface area contributed by atoms with Crippen LogP contribution in [-0.2, 0) is 4.79 Å². The first-order valence-corrected chi connectivity index (χ1v) is 8.68. The van der Waals surface area contributed by atoms with Gasteiger partial charge in [-0.15, -0.1) is 16.4 Å². The second-order valence-electron chi connectivity index (χ2n) is 4.79. The number of H-pyrrole nitrogens is 1. The summed E-state index contributed by atoms with van der Waals surface area (Å²) in [6, 6.07) is 7.20. The zero-order valence-electron chi connectivity index (χ0n) is 12.4. The topological polar surface area (TPSA) is 70.7 Å². The number of para-hydroxylation sites is 1. The third kappa shape index (κ3) is 3.62. The number of anilines is 1. The Morgan fingerprint density at radius 3 is 2.71 bits per heavy atom. The number of nitrogens with one attached hydrogen (secondary N) is 2. The lowest BCUT2D eigenvalue weighted by Crippen LogP contribution is -2.23. The molecule has 0 aliphatic heterocycles. The molecule has 0 saturated heterocycles. The van der Waals surface area contributed by atoms with E-state index in [-0.39, 0.29) is 0 Å². The number of thioether (sulfide) groups is 1. The van der Waals surface area contributed by atoms with E-state index in [0.29, 0.717) is 11.0 Å². The first kappa shape index (κ1) is 16.6. The van der Waals surface area contributed by atoms with Crippen LogP contribution in [0.25, 0.3) is 10.7 Å². The molecule has 2 heterocycles. The average molecular weight is 366 g/mol. The Labute approximate surface area is 144 Å². The Balaban J connectivity index is 1.66. The van der Waals surface area contributed by atoms with Gasteiger partial charge in [0.05, 0.1) is 10.1 Å². The fraction of sp³-hybridized carbons (Fsp3) is 0.133. The summed E-state index contributed by atoms with van der Waals surface area (Å²) in [5.74, 6) is -1.57. The molecule has 0 aliphatic rings. The zero-order valence-corrected chi connectivity index (χ0v) is 14.0. The van der Waals surface area contributed by atoms with E-state index in [1.165, 1.54) is 17.4 Å². The number of hydrogen-bond acceptors (Lipinski definition) is 5. The lowest BCUT2D eigenvalue weighted by atomic mass is 10.3. The van der Waals surface area contributed by atoms with Crippen molar-refractivity contribution >= 4 is 34.7 Å². The van der Waals surface area contributed by atoms with Crippen LogP contribution in [0.3, 0.4) is 0 Å². The van der Waals surface area contributed by atoms with E-state index >= 15 is 0 Å². The number of benzene rings is 1. The van der Waals surface area contributed by atoms with E-state index in [2.05, 4.69) is 20.5 Å². The molecule has 3 aromatic rings. The summed E-state index contributed by atoms with van der Waals surface area (Å²) in [6.07, 6.45) is 0. The highest BCUT2D eigenvalue weighted by atomic mass is 32.2. The summed E-state index contributed by atoms with van der Waals surface area (Å²) in [7, 11) is 0. The maximum atomic E-state index is 13.6. The summed E-state index contributed by atoms with van der Waals surface area (Å²) < 4.78 is 27.1. The molecule has 124 valence electrons. The van der Waals surface area contributed by atoms with Crippen molar-refractivity contribution in [1.29, 1.82) is 0 Å². The number of aromatic amines is 1. The number of carbonyl (C=O) groups excluding carboxylic acids is 1. The van der Waals surface area contributed by atoms with Crippen molar-refractivity contribution in [3.05, 3.63) is 47.3 Å². The van der Waals surface area contributed by atoms with Gasteiger partial charge >= 0.3 is 0 Å². The molecule has 5 nitrogen and oxygen atoms in total. The van der Waals surface area contributed by atoms with Gasteiger partial charge in [0, 0.05) is 0 Å². The molecule has 0 saturated carbocycles. The van der Waals surface area contributed by atoms with Crippen molar-refractivity contribution < 1.29 is 13.6 Å². The van der Waals surface area contributed by atoms with Gasteiger partial charge in [-0.3, -0.25) is 9.89 Å². The lowest BCUT2D eigenvalue weighted by molar-refractivity contribution is -0.115. The van der Waals surface area contributed by atoms with E-state index in [1.807, 2.05) is 17.5 Å². The van der Waals surface area contributed by atoms with Crippen molar-refractivity contribution in [3.63, 3.8) is 0 Å². The van der Waals surface area contributed by atoms with E-state index in [0.717, 1.165) is 28.8 Å². The average Bonchev–Trinajstić information content (AvgIpc) is 3.21. The van der Waals surface area contributed by atoms with Gasteiger partial charge in [0.25, 0.3) is 0 Å². The molecule has 2 N–H and O–H groups in total. The quantitative estimate of drug-likeness (QED) is 0.671. The number of nitrogens with zero attached hydrogens (tertiary/aromatic N) is 2. The number of hydrogen-bond donors (Lipinski definition) is 2. The highest BCUT2D eigenvalue weighted by Crippen LogP contribution is 2.26. The molecule has 0 spiro atoms. The van der Waals surface area contributed by atoms with Crippen molar-refractivity contribution in [3.8, 4) is 10.7 Å². The molecule has 3 rings (SSSR count). The van der Waals surface area contributed by atoms with Crippen LogP contribution in [0.2, 0.25) is 0 Å². The SMILES string of the molecule is CC(Sc1n[nH]c(-c2cccs2)n1)C(=O)Nc1c(F)cccc1F. The molecule has 1 atom stereocenters. The van der Waals surface area contributed by atoms with Gasteiger partial charge in [0.15, 0.2) is 5.82 Å². The monoisotopic (exact) mass is 366 g/mol. The normalized spacial score (nSPS) is 12.1. The molecular weight excluding hydrogens is 354 g/mol. The second kappa shape index (κ2) is 7.10. The molecule has 0 fully saturated rings. The Hall–Kier alpha value is -2.26. The van der Waals surface area contributed by atoms with Crippen LogP contribution in [0, 0.1) is 11.6 Å². The standard InChI is InChI=1S/C15H12F2N4OS2/c1-8(14(22)18-12-9(16)4-2-5-10(12)17)24-15-19-13(20-21-15)11-6-3-7-23-11/h2-8H,1H3,(H,18,22)(H,19,20,21). The van der Waals surface area contributed by atoms with Crippen molar-refractivity contribution in [2.75, 3.05) is 5.32 Å². The molecule has 0 radical (unpaired) electrons. The minimum atomic E-state index is -0.821. The number of rotatable bonds is 5. The highest BCUT2D eigenvalue weighted by molar-refractivity contribution is 8.00. The minimum absolute atomic E-state index is 0.384. The van der Waals surface area contributed by atoms with Crippen LogP contribution in [-0.4, -0.2) is 26.3 Å². The number of halogens is 2. The fourth-order valence-corrected chi connectivity index (χ4v) is 3.26. The zero-order chi connectivity index (χ0) is 17.1. The summed E-state index contributed by atoms with van der Waals surface area (Å²) >= 11 is 2.61. The van der Waals surface area contributed by atoms with Gasteiger partial charge in [-0.1, -0.05) is 23.9 Å². The first-order chi connectivity index (χ1) is 11.5. The summed E-state index contributed by atoms with van der Waals surface area (Å²) in [5, 5.41) is 10.8. The van der Waals surface area contributed by atoms with Crippen LogP contribution >= 0.6 is 23.1 Å². The maximum Gasteiger partial charge on any atom is 0.237 e. The van der Waals surface area contributed by atoms with Crippen LogP contribution in [0.15, 0.2) is 40.9 Å². The summed E-state index contributed by atoms with van der Waals surface area (Å²) in [6.45, 7) is 1.61. The molecular formula is C15H12F2N4OS2. The Morgan fingerprint density at radius 2 is 2.04 bits per heavy atom. The third-order valence-electron chi connectivity index (χ3n) is 3.08. The van der Waals surface area contributed by atoms with Gasteiger partial charge in [-0.2, -0.15) is 0 Å². The minimum Gasteiger partial charge on any atom is -0.320 e. The number of amides is 1. The number of aromatic nitrogens is 3. The Morgan fingerprint density at radius 1 is 1.29 bits per heavy atom. The molecule has 1 amide bonds. The Kier molecular flexibility index (Phi) is 4.91. The number of carbonyl (C=O) groups is 1. The van der Waals surface area contributed by atoms with Gasteiger partial charge in [-0.25, -0.2) is 13.8 Å². The van der Waals surface area contributed by atoms with E-state index in [9.17, 15) is 13.6 Å². The first-order valence-electron chi connectivity index (χ1n) is 6.92. The largest absolute Gasteiger partial charge is 0.320 e. The van der Waals surface area contributed by atoms with E-state index in [4.69, 9.17) is 0 Å². The number of thiophene rings is 1. The van der Waals surface area contributed by atoms with Crippen molar-refractivity contribution in [1.82, 2.24) is 15.2 Å². The second-order valence-corrected chi connectivity index (χ2v) is 7.05. The van der Waals surface area contributed by atoms with E-state index in [1.54, 1.807) is 6.92 Å². The lowest BCUT2D eigenvalue weighted by Gasteiger charge is -2.11. The van der Waals surface area contributed by atoms with Crippen LogP contribution < -0.4 is 5.32 Å². The predicted octanol–water partition coefficient (Wildman–Crippen LogP) is 3.93. The molecule has 24 heavy (non-hydrogen) atoms. The summed E-state index contributed by atoms with van der Waals surface area (Å²) in [4.78, 5) is 17.4. The van der Waals surface area contributed by atoms with Gasteiger partial charge < -0.3 is 5.32 Å².